The highest BCUT2D eigenvalue weighted by Crippen LogP contribution is 2.07. The maximum Gasteiger partial charge on any atom is 0.143 e. The van der Waals surface area contributed by atoms with E-state index in [9.17, 15) is 0 Å². The van der Waals surface area contributed by atoms with Crippen LogP contribution in [0.1, 0.15) is 18.3 Å². The molecule has 7 heteroatoms. The van der Waals surface area contributed by atoms with Crippen molar-refractivity contribution in [2.24, 2.45) is 5.73 Å². The predicted octanol–water partition coefficient (Wildman–Crippen LogP) is 0.138. The number of methoxy groups -OCH3 is 1. The third kappa shape index (κ3) is 4.03. The first-order valence-electron chi connectivity index (χ1n) is 5.49. The molecule has 0 aliphatic heterocycles. The molecule has 1 rings (SSSR count). The minimum absolute atomic E-state index is 0.263. The van der Waals surface area contributed by atoms with Gasteiger partial charge in [-0.25, -0.2) is 4.68 Å². The van der Waals surface area contributed by atoms with E-state index in [-0.39, 0.29) is 4.99 Å². The smallest absolute Gasteiger partial charge is 0.143 e. The van der Waals surface area contributed by atoms with Gasteiger partial charge in [0.05, 0.1) is 25.5 Å². The van der Waals surface area contributed by atoms with Crippen LogP contribution in [0, 0.1) is 0 Å². The minimum atomic E-state index is 0.263. The molecule has 0 saturated heterocycles. The Morgan fingerprint density at radius 2 is 2.24 bits per heavy atom. The Bertz CT molecular complexity index is 367. The lowest BCUT2D eigenvalue weighted by Crippen LogP contribution is -2.17. The van der Waals surface area contributed by atoms with Crippen LogP contribution in [-0.2, 0) is 22.4 Å². The molecule has 0 aliphatic carbocycles. The van der Waals surface area contributed by atoms with Crippen LogP contribution >= 0.6 is 12.2 Å². The SMILES string of the molecule is CCOCCn1nnc(C(N)=S)c1CCOC. The van der Waals surface area contributed by atoms with Crippen molar-refractivity contribution >= 4 is 17.2 Å². The minimum Gasteiger partial charge on any atom is -0.388 e. The number of hydrogen-bond donors (Lipinski definition) is 1. The van der Waals surface area contributed by atoms with Gasteiger partial charge in [-0.05, 0) is 6.92 Å². The summed E-state index contributed by atoms with van der Waals surface area (Å²) in [5.74, 6) is 0. The van der Waals surface area contributed by atoms with Gasteiger partial charge in [0.2, 0.25) is 0 Å². The molecule has 96 valence electrons. The summed E-state index contributed by atoms with van der Waals surface area (Å²) in [6, 6.07) is 0. The summed E-state index contributed by atoms with van der Waals surface area (Å²) in [5, 5.41) is 8.01. The zero-order valence-corrected chi connectivity index (χ0v) is 11.0. The van der Waals surface area contributed by atoms with E-state index in [1.807, 2.05) is 6.92 Å². The number of nitrogens with zero attached hydrogens (tertiary/aromatic N) is 3. The lowest BCUT2D eigenvalue weighted by Gasteiger charge is -2.07. The number of nitrogens with two attached hydrogens (primary N) is 1. The van der Waals surface area contributed by atoms with Crippen LogP contribution in [0.15, 0.2) is 0 Å². The van der Waals surface area contributed by atoms with E-state index in [0.29, 0.717) is 38.5 Å². The molecule has 6 nitrogen and oxygen atoms in total. The number of thiocarbonyl (C=S) groups is 1. The molecule has 0 fully saturated rings. The van der Waals surface area contributed by atoms with Crippen molar-refractivity contribution in [2.45, 2.75) is 19.9 Å². The summed E-state index contributed by atoms with van der Waals surface area (Å²) in [7, 11) is 1.65. The molecule has 2 N–H and O–H groups in total. The lowest BCUT2D eigenvalue weighted by atomic mass is 10.2. The molecule has 0 atom stereocenters. The van der Waals surface area contributed by atoms with Crippen molar-refractivity contribution in [2.75, 3.05) is 26.9 Å². The van der Waals surface area contributed by atoms with Gasteiger partial charge in [0, 0.05) is 20.1 Å². The summed E-state index contributed by atoms with van der Waals surface area (Å²) in [4.78, 5) is 0.263. The summed E-state index contributed by atoms with van der Waals surface area (Å²) in [6.07, 6.45) is 0.683. The van der Waals surface area contributed by atoms with Gasteiger partial charge in [0.1, 0.15) is 10.7 Å². The molecule has 17 heavy (non-hydrogen) atoms. The third-order valence-corrected chi connectivity index (χ3v) is 2.46. The van der Waals surface area contributed by atoms with E-state index in [4.69, 9.17) is 27.4 Å². The summed E-state index contributed by atoms with van der Waals surface area (Å²) >= 11 is 4.94. The lowest BCUT2D eigenvalue weighted by molar-refractivity contribution is 0.134. The molecule has 0 radical (unpaired) electrons. The Morgan fingerprint density at radius 1 is 1.47 bits per heavy atom. The zero-order chi connectivity index (χ0) is 12.7. The Balaban J connectivity index is 2.76. The van der Waals surface area contributed by atoms with Gasteiger partial charge in [-0.2, -0.15) is 0 Å². The molecular formula is C10H18N4O2S. The maximum atomic E-state index is 5.60. The third-order valence-electron chi connectivity index (χ3n) is 2.27. The van der Waals surface area contributed by atoms with Crippen molar-refractivity contribution in [3.63, 3.8) is 0 Å². The number of aromatic nitrogens is 3. The maximum absolute atomic E-state index is 5.60. The van der Waals surface area contributed by atoms with Gasteiger partial charge in [-0.1, -0.05) is 17.4 Å². The second-order valence-corrected chi connectivity index (χ2v) is 3.85. The van der Waals surface area contributed by atoms with Gasteiger partial charge in [0.25, 0.3) is 0 Å². The Kier molecular flexibility index (Phi) is 6.03. The van der Waals surface area contributed by atoms with Crippen molar-refractivity contribution in [1.29, 1.82) is 0 Å². The Morgan fingerprint density at radius 3 is 2.82 bits per heavy atom. The van der Waals surface area contributed by atoms with Gasteiger partial charge >= 0.3 is 0 Å². The predicted molar refractivity (Wildman–Crippen MR) is 68.0 cm³/mol. The average Bonchev–Trinajstić information content (AvgIpc) is 2.70. The molecule has 1 aromatic rings. The summed E-state index contributed by atoms with van der Waals surface area (Å²) < 4.78 is 12.1. The van der Waals surface area contributed by atoms with E-state index >= 15 is 0 Å². The Labute approximate surface area is 106 Å². The fourth-order valence-electron chi connectivity index (χ4n) is 1.45. The first-order chi connectivity index (χ1) is 8.20. The molecule has 0 saturated carbocycles. The van der Waals surface area contributed by atoms with Crippen molar-refractivity contribution in [3.05, 3.63) is 11.4 Å². The van der Waals surface area contributed by atoms with Crippen LogP contribution in [0.4, 0.5) is 0 Å². The summed E-state index contributed by atoms with van der Waals surface area (Å²) in [6.45, 7) is 4.45. The quantitative estimate of drug-likeness (QED) is 0.528. The second kappa shape index (κ2) is 7.31. The van der Waals surface area contributed by atoms with Gasteiger partial charge in [-0.15, -0.1) is 5.10 Å². The zero-order valence-electron chi connectivity index (χ0n) is 10.2. The van der Waals surface area contributed by atoms with Crippen LogP contribution in [0.3, 0.4) is 0 Å². The van der Waals surface area contributed by atoms with Gasteiger partial charge in [0.15, 0.2) is 0 Å². The van der Waals surface area contributed by atoms with E-state index in [1.165, 1.54) is 0 Å². The van der Waals surface area contributed by atoms with Crippen molar-refractivity contribution < 1.29 is 9.47 Å². The molecule has 0 aromatic carbocycles. The van der Waals surface area contributed by atoms with Gasteiger partial charge < -0.3 is 15.2 Å². The molecule has 0 amide bonds. The van der Waals surface area contributed by atoms with E-state index in [0.717, 1.165) is 5.69 Å². The monoisotopic (exact) mass is 258 g/mol. The van der Waals surface area contributed by atoms with E-state index in [1.54, 1.807) is 11.8 Å². The highest BCUT2D eigenvalue weighted by Gasteiger charge is 2.14. The molecule has 1 aromatic heterocycles. The van der Waals surface area contributed by atoms with Crippen molar-refractivity contribution in [3.8, 4) is 0 Å². The molecule has 0 spiro atoms. The first kappa shape index (κ1) is 14.0. The Hall–Kier alpha value is -1.05. The molecule has 0 bridgehead atoms. The molecule has 1 heterocycles. The van der Waals surface area contributed by atoms with Crippen molar-refractivity contribution in [1.82, 2.24) is 15.0 Å². The largest absolute Gasteiger partial charge is 0.388 e. The first-order valence-corrected chi connectivity index (χ1v) is 5.90. The van der Waals surface area contributed by atoms with E-state index < -0.39 is 0 Å². The standard InChI is InChI=1S/C10H18N4O2S/c1-3-16-7-5-14-8(4-6-15-2)9(10(11)17)12-13-14/h3-7H2,1-2H3,(H2,11,17). The number of rotatable bonds is 8. The molecular weight excluding hydrogens is 240 g/mol. The number of hydrogen-bond acceptors (Lipinski definition) is 5. The highest BCUT2D eigenvalue weighted by molar-refractivity contribution is 7.80. The van der Waals surface area contributed by atoms with Gasteiger partial charge in [-0.3, -0.25) is 0 Å². The van der Waals surface area contributed by atoms with Crippen LogP contribution in [0.2, 0.25) is 0 Å². The van der Waals surface area contributed by atoms with Crippen LogP contribution < -0.4 is 5.73 Å². The fraction of sp³-hybridized carbons (Fsp3) is 0.700. The summed E-state index contributed by atoms with van der Waals surface area (Å²) in [5.41, 5.74) is 7.08. The highest BCUT2D eigenvalue weighted by atomic mass is 32.1. The van der Waals surface area contributed by atoms with Crippen LogP contribution in [0.5, 0.6) is 0 Å². The topological polar surface area (TPSA) is 75.2 Å². The van der Waals surface area contributed by atoms with Crippen LogP contribution in [0.25, 0.3) is 0 Å². The number of ether oxygens (including phenoxy) is 2. The second-order valence-electron chi connectivity index (χ2n) is 3.41. The molecule has 0 aliphatic rings. The van der Waals surface area contributed by atoms with E-state index in [2.05, 4.69) is 10.3 Å². The fourth-order valence-corrected chi connectivity index (χ4v) is 1.60. The normalized spacial score (nSPS) is 10.7. The van der Waals surface area contributed by atoms with Crippen LogP contribution in [-0.4, -0.2) is 46.9 Å². The average molecular weight is 258 g/mol. The molecule has 0 unspecified atom stereocenters.